The van der Waals surface area contributed by atoms with Gasteiger partial charge < -0.3 is 9.80 Å². The molecular formula is C47H60F3N3O5S3. The van der Waals surface area contributed by atoms with Gasteiger partial charge in [-0.05, 0) is 148 Å². The van der Waals surface area contributed by atoms with Crippen molar-refractivity contribution in [3.63, 3.8) is 0 Å². The molecule has 0 N–H and O–H groups in total. The van der Waals surface area contributed by atoms with Gasteiger partial charge in [0.25, 0.3) is 9.84 Å². The number of anilines is 1. The van der Waals surface area contributed by atoms with Gasteiger partial charge in [-0.2, -0.15) is 13.2 Å². The van der Waals surface area contributed by atoms with E-state index in [4.69, 9.17) is 0 Å². The minimum atomic E-state index is -5.93. The molecule has 8 rings (SSSR count). The van der Waals surface area contributed by atoms with Crippen molar-refractivity contribution in [1.82, 2.24) is 9.80 Å². The molecule has 2 bridgehead atoms. The first kappa shape index (κ1) is 45.8. The lowest BCUT2D eigenvalue weighted by Gasteiger charge is -2.72. The Balaban J connectivity index is 1.01. The van der Waals surface area contributed by atoms with E-state index in [2.05, 4.69) is 30.6 Å². The zero-order chi connectivity index (χ0) is 44.0. The molecule has 5 aliphatic rings. The largest absolute Gasteiger partial charge is 0.501 e. The summed E-state index contributed by atoms with van der Waals surface area (Å²) in [7, 11) is -6.71. The molecule has 1 saturated heterocycles. The summed E-state index contributed by atoms with van der Waals surface area (Å²) in [6, 6.07) is 19.1. The Labute approximate surface area is 365 Å². The number of benzene rings is 3. The predicted octanol–water partition coefficient (Wildman–Crippen LogP) is 9.36. The molecule has 8 nitrogen and oxygen atoms in total. The first-order chi connectivity index (χ1) is 28.6. The highest BCUT2D eigenvalue weighted by molar-refractivity contribution is 7.99. The van der Waals surface area contributed by atoms with Gasteiger partial charge in [-0.1, -0.05) is 56.2 Å². The number of piperazine rings is 1. The first-order valence-corrected chi connectivity index (χ1v) is 25.5. The topological polar surface area (TPSA) is 95.1 Å². The summed E-state index contributed by atoms with van der Waals surface area (Å²) in [5.74, 6) is -1.48. The average Bonchev–Trinajstić information content (AvgIpc) is 3.17. The van der Waals surface area contributed by atoms with Crippen LogP contribution in [0.3, 0.4) is 0 Å². The van der Waals surface area contributed by atoms with Crippen LogP contribution in [0, 0.1) is 22.2 Å². The van der Waals surface area contributed by atoms with E-state index in [0.29, 0.717) is 41.0 Å². The molecule has 332 valence electrons. The van der Waals surface area contributed by atoms with Crippen molar-refractivity contribution in [2.75, 3.05) is 69.8 Å². The smallest absolute Gasteiger partial charge is 0.369 e. The van der Waals surface area contributed by atoms with Gasteiger partial charge in [0.05, 0.1) is 9.79 Å². The fraction of sp³-hybridized carbons (Fsp3) is 0.553. The monoisotopic (exact) mass is 899 g/mol. The van der Waals surface area contributed by atoms with Crippen LogP contribution < -0.4 is 4.90 Å². The number of alkyl halides is 3. The van der Waals surface area contributed by atoms with Gasteiger partial charge in [-0.3, -0.25) is 9.69 Å². The Bertz CT molecular complexity index is 2320. The van der Waals surface area contributed by atoms with Crippen LogP contribution in [0.15, 0.2) is 98.6 Å². The zero-order valence-corrected chi connectivity index (χ0v) is 38.5. The number of nitrogens with zero attached hydrogens (tertiary/aromatic N) is 3. The highest BCUT2D eigenvalue weighted by Crippen LogP contribution is 2.77. The molecule has 3 saturated carbocycles. The number of halogens is 3. The van der Waals surface area contributed by atoms with E-state index in [9.17, 15) is 34.8 Å². The van der Waals surface area contributed by atoms with E-state index >= 15 is 0 Å². The molecule has 0 aromatic heterocycles. The molecule has 61 heavy (non-hydrogen) atoms. The van der Waals surface area contributed by atoms with Gasteiger partial charge in [-0.15, -0.1) is 11.8 Å². The highest BCUT2D eigenvalue weighted by Gasteiger charge is 2.66. The minimum absolute atomic E-state index is 0.0173. The third kappa shape index (κ3) is 10.3. The van der Waals surface area contributed by atoms with Crippen molar-refractivity contribution in [3.8, 4) is 0 Å². The second kappa shape index (κ2) is 17.4. The number of rotatable bonds is 17. The first-order valence-electron chi connectivity index (χ1n) is 21.4. The second-order valence-electron chi connectivity index (χ2n) is 19.5. The Morgan fingerprint density at radius 1 is 0.885 bits per heavy atom. The van der Waals surface area contributed by atoms with Crippen LogP contribution in [0.25, 0.3) is 0 Å². The fourth-order valence-corrected chi connectivity index (χ4v) is 13.9. The zero-order valence-electron chi connectivity index (χ0n) is 36.1. The van der Waals surface area contributed by atoms with Crippen LogP contribution in [-0.2, 0) is 26.1 Å². The molecule has 4 aliphatic carbocycles. The molecule has 1 aliphatic heterocycles. The van der Waals surface area contributed by atoms with Gasteiger partial charge in [0.1, 0.15) is 5.75 Å². The van der Waals surface area contributed by atoms with Crippen LogP contribution in [0.2, 0.25) is 0 Å². The summed E-state index contributed by atoms with van der Waals surface area (Å²) in [6.07, 6.45) is 8.26. The molecule has 0 spiro atoms. The Morgan fingerprint density at radius 3 is 2.15 bits per heavy atom. The number of hydrogen-bond acceptors (Lipinski definition) is 9. The highest BCUT2D eigenvalue weighted by atomic mass is 32.2. The van der Waals surface area contributed by atoms with Crippen LogP contribution in [-0.4, -0.2) is 103 Å². The van der Waals surface area contributed by atoms with E-state index in [-0.39, 0.29) is 23.5 Å². The van der Waals surface area contributed by atoms with Gasteiger partial charge in [0, 0.05) is 54.6 Å². The number of sulfone groups is 2. The maximum Gasteiger partial charge on any atom is 0.501 e. The standard InChI is InChI=1S/C47H60F3N3O5S3/c1-44(2)19-17-41(46-31-45(3,32-46)33-46)37(27-44)28-52-21-23-53(24-22-52)38-14-11-35(12-15-38)42(54)30-60(55,56)40-16-13-36(43(26-40)61(57,58)47(48,49)50)25-34(18-20-51(4)5)29-59-39-9-7-6-8-10-39/h6-16,26,34H,17-25,27-33H2,1-5H3/t34-,45?,46?/m0/s1. The molecule has 1 atom stereocenters. The van der Waals surface area contributed by atoms with E-state index in [1.165, 1.54) is 43.9 Å². The van der Waals surface area contributed by atoms with Crippen molar-refractivity contribution >= 4 is 42.9 Å². The SMILES string of the molecule is CN(C)CC[C@H](CSc1ccccc1)Cc1ccc(S(=O)(=O)CC(=O)c2ccc(N3CCN(CC4=C(C56CC(C)(C5)C6)CCC(C)(C)C4)CC3)cc2)cc1S(=O)(=O)C(F)(F)F. The second-order valence-corrected chi connectivity index (χ2v) is 24.5. The van der Waals surface area contributed by atoms with Crippen LogP contribution in [0.1, 0.15) is 81.6 Å². The van der Waals surface area contributed by atoms with E-state index in [1.54, 1.807) is 35.4 Å². The predicted molar refractivity (Wildman–Crippen MR) is 238 cm³/mol. The summed E-state index contributed by atoms with van der Waals surface area (Å²) in [4.78, 5) is 19.4. The Kier molecular flexibility index (Phi) is 13.1. The van der Waals surface area contributed by atoms with Gasteiger partial charge >= 0.3 is 5.51 Å². The molecule has 4 fully saturated rings. The van der Waals surface area contributed by atoms with Crippen LogP contribution >= 0.6 is 11.8 Å². The molecular weight excluding hydrogens is 840 g/mol. The lowest BCUT2D eigenvalue weighted by Crippen LogP contribution is -2.61. The van der Waals surface area contributed by atoms with E-state index in [1.807, 2.05) is 49.3 Å². The normalized spacial score (nSPS) is 23.7. The quantitative estimate of drug-likeness (QED) is 0.0747. The maximum absolute atomic E-state index is 14.1. The van der Waals surface area contributed by atoms with Crippen molar-refractivity contribution in [2.45, 2.75) is 92.3 Å². The third-order valence-electron chi connectivity index (χ3n) is 13.5. The summed E-state index contributed by atoms with van der Waals surface area (Å²) in [6.45, 7) is 12.3. The third-order valence-corrected chi connectivity index (χ3v) is 17.9. The molecule has 0 unspecified atom stereocenters. The fourth-order valence-electron chi connectivity index (χ4n) is 10.5. The molecule has 3 aromatic rings. The number of thioether (sulfide) groups is 1. The maximum atomic E-state index is 14.1. The summed E-state index contributed by atoms with van der Waals surface area (Å²) in [5, 5.41) is 0. The minimum Gasteiger partial charge on any atom is -0.369 e. The average molecular weight is 900 g/mol. The number of hydrogen-bond donors (Lipinski definition) is 0. The molecule has 0 radical (unpaired) electrons. The molecule has 14 heteroatoms. The lowest BCUT2D eigenvalue weighted by atomic mass is 9.33. The number of carbonyl (C=O) groups is 1. The van der Waals surface area contributed by atoms with Gasteiger partial charge in [0.15, 0.2) is 15.6 Å². The van der Waals surface area contributed by atoms with Crippen molar-refractivity contribution in [3.05, 3.63) is 95.1 Å². The summed E-state index contributed by atoms with van der Waals surface area (Å²) in [5.41, 5.74) is 0.0888. The van der Waals surface area contributed by atoms with E-state index in [0.717, 1.165) is 61.9 Å². The van der Waals surface area contributed by atoms with Crippen LogP contribution in [0.5, 0.6) is 0 Å². The van der Waals surface area contributed by atoms with Crippen molar-refractivity contribution in [2.24, 2.45) is 22.2 Å². The van der Waals surface area contributed by atoms with Crippen molar-refractivity contribution in [1.29, 1.82) is 0 Å². The number of allylic oxidation sites excluding steroid dienone is 1. The summed E-state index contributed by atoms with van der Waals surface area (Å²) < 4.78 is 95.5. The number of carbonyl (C=O) groups excluding carboxylic acids is 1. The van der Waals surface area contributed by atoms with Gasteiger partial charge in [0.2, 0.25) is 0 Å². The summed E-state index contributed by atoms with van der Waals surface area (Å²) >= 11 is 1.52. The number of Topliss-reactive ketones (excluding diaryl/α,β-unsaturated/α-hetero) is 1. The lowest BCUT2D eigenvalue weighted by molar-refractivity contribution is -0.166. The molecule has 3 aromatic carbocycles. The Hall–Kier alpha value is -3.17. The van der Waals surface area contributed by atoms with Gasteiger partial charge in [-0.25, -0.2) is 16.8 Å². The molecule has 1 heterocycles. The number of ketones is 1. The van der Waals surface area contributed by atoms with Crippen molar-refractivity contribution < 1.29 is 34.8 Å². The van der Waals surface area contributed by atoms with Crippen LogP contribution in [0.4, 0.5) is 18.9 Å². The molecule has 0 amide bonds. The Morgan fingerprint density at radius 2 is 1.54 bits per heavy atom. The van der Waals surface area contributed by atoms with E-state index < -0.39 is 46.5 Å².